The Morgan fingerprint density at radius 2 is 2.32 bits per heavy atom. The third-order valence-corrected chi connectivity index (χ3v) is 4.22. The molecule has 0 spiro atoms. The highest BCUT2D eigenvalue weighted by molar-refractivity contribution is 5.81. The van der Waals surface area contributed by atoms with Gasteiger partial charge in [0.2, 0.25) is 5.91 Å². The van der Waals surface area contributed by atoms with Crippen LogP contribution in [0.4, 0.5) is 5.82 Å². The van der Waals surface area contributed by atoms with E-state index in [1.165, 1.54) is 0 Å². The van der Waals surface area contributed by atoms with Crippen molar-refractivity contribution >= 4 is 11.7 Å². The van der Waals surface area contributed by atoms with Gasteiger partial charge in [0, 0.05) is 32.4 Å². The Kier molecular flexibility index (Phi) is 5.71. The number of amides is 1. The maximum Gasteiger partial charge on any atom is 0.239 e. The largest absolute Gasteiger partial charge is 0.353 e. The monoisotopic (exact) mass is 305 g/mol. The normalized spacial score (nSPS) is 20.0. The Bertz CT molecular complexity index is 479. The molecule has 1 aromatic heterocycles. The van der Waals surface area contributed by atoms with E-state index in [0.29, 0.717) is 5.92 Å². The zero-order chi connectivity index (χ0) is 16.1. The number of carbonyl (C=O) groups excluding carboxylic acids is 1. The van der Waals surface area contributed by atoms with Gasteiger partial charge in [0.05, 0.1) is 6.04 Å². The lowest BCUT2D eigenvalue weighted by Gasteiger charge is -2.38. The highest BCUT2D eigenvalue weighted by Crippen LogP contribution is 2.20. The van der Waals surface area contributed by atoms with Crippen molar-refractivity contribution in [3.63, 3.8) is 0 Å². The molecule has 1 aromatic rings. The highest BCUT2D eigenvalue weighted by atomic mass is 16.2. The molecule has 1 saturated heterocycles. The first-order valence-electron chi connectivity index (χ1n) is 8.04. The lowest BCUT2D eigenvalue weighted by Crippen LogP contribution is -2.53. The van der Waals surface area contributed by atoms with Gasteiger partial charge >= 0.3 is 0 Å². The van der Waals surface area contributed by atoms with E-state index in [0.717, 1.165) is 38.2 Å². The molecule has 2 heterocycles. The minimum atomic E-state index is -0.406. The summed E-state index contributed by atoms with van der Waals surface area (Å²) in [4.78, 5) is 16.5. The molecule has 1 aliphatic rings. The summed E-state index contributed by atoms with van der Waals surface area (Å²) in [7, 11) is 1.87. The fourth-order valence-electron chi connectivity index (χ4n) is 2.99. The quantitative estimate of drug-likeness (QED) is 0.887. The predicted octanol–water partition coefficient (Wildman–Crippen LogP) is 1.28. The summed E-state index contributed by atoms with van der Waals surface area (Å²) in [5, 5.41) is 8.10. The van der Waals surface area contributed by atoms with Crippen LogP contribution in [0.2, 0.25) is 0 Å². The molecule has 1 amide bonds. The third kappa shape index (κ3) is 4.16. The number of hydrogen-bond donors (Lipinski definition) is 1. The molecule has 1 aliphatic heterocycles. The average molecular weight is 305 g/mol. The maximum absolute atomic E-state index is 12.5. The molecule has 6 heteroatoms. The van der Waals surface area contributed by atoms with E-state index < -0.39 is 6.04 Å². The van der Waals surface area contributed by atoms with E-state index in [4.69, 9.17) is 5.73 Å². The fraction of sp³-hybridized carbons (Fsp3) is 0.688. The molecule has 1 fully saturated rings. The van der Waals surface area contributed by atoms with E-state index in [2.05, 4.69) is 28.9 Å². The second-order valence-electron chi connectivity index (χ2n) is 6.51. The Hall–Kier alpha value is -1.69. The summed E-state index contributed by atoms with van der Waals surface area (Å²) in [5.41, 5.74) is 6.04. The van der Waals surface area contributed by atoms with Crippen LogP contribution in [0.5, 0.6) is 0 Å². The van der Waals surface area contributed by atoms with Crippen LogP contribution in [-0.2, 0) is 4.79 Å². The zero-order valence-corrected chi connectivity index (χ0v) is 13.8. The van der Waals surface area contributed by atoms with Crippen LogP contribution < -0.4 is 10.6 Å². The first kappa shape index (κ1) is 16.7. The van der Waals surface area contributed by atoms with Crippen molar-refractivity contribution in [3.05, 3.63) is 18.3 Å². The molecule has 0 bridgehead atoms. The van der Waals surface area contributed by atoms with Crippen LogP contribution in [0.15, 0.2) is 18.3 Å². The highest BCUT2D eigenvalue weighted by Gasteiger charge is 2.29. The second kappa shape index (κ2) is 7.54. The number of rotatable bonds is 5. The van der Waals surface area contributed by atoms with Gasteiger partial charge in [-0.15, -0.1) is 5.10 Å². The number of likely N-dealkylation sites (N-methyl/N-ethyl adjacent to an activating group) is 1. The molecule has 6 nitrogen and oxygen atoms in total. The molecule has 0 aliphatic carbocycles. The third-order valence-electron chi connectivity index (χ3n) is 4.22. The van der Waals surface area contributed by atoms with Crippen LogP contribution >= 0.6 is 0 Å². The molecule has 22 heavy (non-hydrogen) atoms. The molecule has 0 aromatic carbocycles. The SMILES string of the molecule is CC(C)C[C@H](N)C(=O)N(C)C1CCCN(c2cccnn2)C1. The predicted molar refractivity (Wildman–Crippen MR) is 87.5 cm³/mol. The van der Waals surface area contributed by atoms with Gasteiger partial charge in [-0.2, -0.15) is 5.10 Å². The van der Waals surface area contributed by atoms with Gasteiger partial charge < -0.3 is 15.5 Å². The van der Waals surface area contributed by atoms with Gasteiger partial charge in [-0.25, -0.2) is 0 Å². The minimum Gasteiger partial charge on any atom is -0.353 e. The van der Waals surface area contributed by atoms with Crippen molar-refractivity contribution in [3.8, 4) is 0 Å². The van der Waals surface area contributed by atoms with Crippen LogP contribution in [0.3, 0.4) is 0 Å². The van der Waals surface area contributed by atoms with Crippen molar-refractivity contribution in [2.45, 2.75) is 45.2 Å². The molecule has 0 radical (unpaired) electrons. The molecule has 122 valence electrons. The second-order valence-corrected chi connectivity index (χ2v) is 6.51. The Labute approximate surface area is 132 Å². The molecule has 2 atom stereocenters. The Balaban J connectivity index is 1.98. The number of aromatic nitrogens is 2. The first-order chi connectivity index (χ1) is 10.5. The standard InChI is InChI=1S/C16H27N5O/c1-12(2)10-14(17)16(22)20(3)13-6-5-9-21(11-13)15-7-4-8-18-19-15/h4,7-8,12-14H,5-6,9-11,17H2,1-3H3/t13?,14-/m0/s1. The van der Waals surface area contributed by atoms with Crippen molar-refractivity contribution in [2.24, 2.45) is 11.7 Å². The van der Waals surface area contributed by atoms with Crippen LogP contribution in [0.25, 0.3) is 0 Å². The van der Waals surface area contributed by atoms with Gasteiger partial charge in [0.25, 0.3) is 0 Å². The molecule has 2 N–H and O–H groups in total. The van der Waals surface area contributed by atoms with Crippen LogP contribution in [-0.4, -0.2) is 53.2 Å². The van der Waals surface area contributed by atoms with Crippen molar-refractivity contribution in [1.82, 2.24) is 15.1 Å². The number of anilines is 1. The van der Waals surface area contributed by atoms with Gasteiger partial charge in [-0.1, -0.05) is 13.8 Å². The summed E-state index contributed by atoms with van der Waals surface area (Å²) in [5.74, 6) is 1.34. The number of nitrogens with two attached hydrogens (primary N) is 1. The summed E-state index contributed by atoms with van der Waals surface area (Å²) in [6.45, 7) is 5.91. The van der Waals surface area contributed by atoms with Gasteiger partial charge in [0.15, 0.2) is 5.82 Å². The average Bonchev–Trinajstić information content (AvgIpc) is 2.53. The number of carbonyl (C=O) groups is 1. The van der Waals surface area contributed by atoms with Crippen LogP contribution in [0.1, 0.15) is 33.1 Å². The van der Waals surface area contributed by atoms with E-state index >= 15 is 0 Å². The molecule has 0 saturated carbocycles. The van der Waals surface area contributed by atoms with E-state index in [-0.39, 0.29) is 11.9 Å². The van der Waals surface area contributed by atoms with Gasteiger partial charge in [-0.05, 0) is 37.3 Å². The number of piperidine rings is 1. The molecule has 1 unspecified atom stereocenters. The lowest BCUT2D eigenvalue weighted by atomic mass is 10.0. The Morgan fingerprint density at radius 1 is 1.55 bits per heavy atom. The molecular formula is C16H27N5O. The summed E-state index contributed by atoms with van der Waals surface area (Å²) in [6, 6.07) is 3.62. The smallest absolute Gasteiger partial charge is 0.239 e. The maximum atomic E-state index is 12.5. The minimum absolute atomic E-state index is 0.0414. The number of hydrogen-bond acceptors (Lipinski definition) is 5. The zero-order valence-electron chi connectivity index (χ0n) is 13.8. The fourth-order valence-corrected chi connectivity index (χ4v) is 2.99. The van der Waals surface area contributed by atoms with E-state index in [1.54, 1.807) is 6.20 Å². The summed E-state index contributed by atoms with van der Waals surface area (Å²) >= 11 is 0. The van der Waals surface area contributed by atoms with Gasteiger partial charge in [0.1, 0.15) is 0 Å². The molecular weight excluding hydrogens is 278 g/mol. The number of nitrogens with zero attached hydrogens (tertiary/aromatic N) is 4. The van der Waals surface area contributed by atoms with Crippen LogP contribution in [0, 0.1) is 5.92 Å². The molecule has 2 rings (SSSR count). The van der Waals surface area contributed by atoms with Crippen molar-refractivity contribution in [1.29, 1.82) is 0 Å². The topological polar surface area (TPSA) is 75.4 Å². The lowest BCUT2D eigenvalue weighted by molar-refractivity contribution is -0.133. The summed E-state index contributed by atoms with van der Waals surface area (Å²) in [6.07, 6.45) is 4.45. The van der Waals surface area contributed by atoms with Crippen molar-refractivity contribution < 1.29 is 4.79 Å². The van der Waals surface area contributed by atoms with Gasteiger partial charge in [-0.3, -0.25) is 4.79 Å². The first-order valence-corrected chi connectivity index (χ1v) is 8.04. The van der Waals surface area contributed by atoms with E-state index in [9.17, 15) is 4.79 Å². The Morgan fingerprint density at radius 3 is 2.95 bits per heavy atom. The summed E-state index contributed by atoms with van der Waals surface area (Å²) < 4.78 is 0. The van der Waals surface area contributed by atoms with E-state index in [1.807, 2.05) is 24.1 Å². The van der Waals surface area contributed by atoms with Crippen molar-refractivity contribution in [2.75, 3.05) is 25.0 Å².